The summed E-state index contributed by atoms with van der Waals surface area (Å²) in [6.45, 7) is 0. The van der Waals surface area contributed by atoms with E-state index in [1.165, 1.54) is 4.88 Å². The van der Waals surface area contributed by atoms with Crippen LogP contribution in [0.5, 0.6) is 0 Å². The number of halogens is 1. The zero-order valence-electron chi connectivity index (χ0n) is 7.27. The van der Waals surface area contributed by atoms with E-state index in [1.807, 2.05) is 11.4 Å². The average molecular weight is 226 g/mol. The van der Waals surface area contributed by atoms with Gasteiger partial charge in [0.2, 0.25) is 0 Å². The lowest BCUT2D eigenvalue weighted by Gasteiger charge is -1.99. The molecule has 2 N–H and O–H groups in total. The molecule has 0 bridgehead atoms. The van der Waals surface area contributed by atoms with Crippen LogP contribution >= 0.6 is 22.9 Å². The molecule has 14 heavy (non-hydrogen) atoms. The topological polar surface area (TPSA) is 51.8 Å². The molecular weight excluding hydrogens is 218 g/mol. The third-order valence-electron chi connectivity index (χ3n) is 1.76. The van der Waals surface area contributed by atoms with Gasteiger partial charge in [-0.2, -0.15) is 5.10 Å². The molecule has 2 aromatic heterocycles. The predicted molar refractivity (Wildman–Crippen MR) is 58.6 cm³/mol. The first kappa shape index (κ1) is 9.43. The summed E-state index contributed by atoms with van der Waals surface area (Å²) in [6.07, 6.45) is 0.755. The van der Waals surface area contributed by atoms with Gasteiger partial charge in [-0.3, -0.25) is 0 Å². The Kier molecular flexibility index (Phi) is 2.65. The molecule has 5 heteroatoms. The highest BCUT2D eigenvalue weighted by Crippen LogP contribution is 2.18. The van der Waals surface area contributed by atoms with E-state index in [4.69, 9.17) is 17.3 Å². The summed E-state index contributed by atoms with van der Waals surface area (Å²) in [4.78, 5) is 1.24. The summed E-state index contributed by atoms with van der Waals surface area (Å²) in [5, 5.41) is 10.2. The van der Waals surface area contributed by atoms with E-state index in [0.29, 0.717) is 5.02 Å². The normalized spacial score (nSPS) is 10.4. The Bertz CT molecular complexity index is 428. The Morgan fingerprint density at radius 2 is 2.29 bits per heavy atom. The third-order valence-corrected chi connectivity index (χ3v) is 2.94. The fourth-order valence-electron chi connectivity index (χ4n) is 1.09. The minimum atomic E-state index is 0.279. The quantitative estimate of drug-likeness (QED) is 0.854. The Hall–Kier alpha value is -1.13. The molecule has 0 fully saturated rings. The number of rotatable bonds is 2. The maximum absolute atomic E-state index is 5.83. The molecule has 0 saturated carbocycles. The monoisotopic (exact) mass is 225 g/mol. The van der Waals surface area contributed by atoms with E-state index in [-0.39, 0.29) is 5.82 Å². The Morgan fingerprint density at radius 3 is 2.93 bits per heavy atom. The Balaban J connectivity index is 2.22. The number of anilines is 1. The fraction of sp³-hybridized carbons (Fsp3) is 0.111. The number of thiophene rings is 1. The zero-order chi connectivity index (χ0) is 9.97. The van der Waals surface area contributed by atoms with Crippen molar-refractivity contribution in [3.63, 3.8) is 0 Å². The third kappa shape index (κ3) is 2.02. The molecule has 2 aromatic rings. The molecule has 72 valence electrons. The molecule has 0 aliphatic carbocycles. The van der Waals surface area contributed by atoms with E-state index in [1.54, 1.807) is 17.4 Å². The first-order chi connectivity index (χ1) is 6.75. The van der Waals surface area contributed by atoms with Crippen LogP contribution < -0.4 is 5.73 Å². The van der Waals surface area contributed by atoms with Gasteiger partial charge in [0.25, 0.3) is 0 Å². The van der Waals surface area contributed by atoms with Crippen molar-refractivity contribution >= 4 is 28.8 Å². The summed E-state index contributed by atoms with van der Waals surface area (Å²) in [6, 6.07) is 5.81. The van der Waals surface area contributed by atoms with Gasteiger partial charge in [-0.25, -0.2) is 0 Å². The lowest BCUT2D eigenvalue weighted by atomic mass is 10.2. The maximum atomic E-state index is 5.83. The molecule has 0 aliphatic rings. The van der Waals surface area contributed by atoms with Crippen molar-refractivity contribution in [1.29, 1.82) is 0 Å². The molecule has 0 aliphatic heterocycles. The van der Waals surface area contributed by atoms with Crippen molar-refractivity contribution < 1.29 is 0 Å². The maximum Gasteiger partial charge on any atom is 0.164 e. The fourth-order valence-corrected chi connectivity index (χ4v) is 1.98. The van der Waals surface area contributed by atoms with Gasteiger partial charge in [-0.15, -0.1) is 16.4 Å². The number of nitrogen functional groups attached to an aromatic ring is 1. The molecule has 2 heterocycles. The number of nitrogens with zero attached hydrogens (tertiary/aromatic N) is 2. The molecule has 0 unspecified atom stereocenters. The van der Waals surface area contributed by atoms with Gasteiger partial charge in [0, 0.05) is 11.3 Å². The van der Waals surface area contributed by atoms with Gasteiger partial charge in [-0.05, 0) is 17.5 Å². The number of nitrogens with two attached hydrogens (primary N) is 1. The summed E-state index contributed by atoms with van der Waals surface area (Å²) in [5.41, 5.74) is 6.30. The van der Waals surface area contributed by atoms with Crippen molar-refractivity contribution in [3.8, 4) is 0 Å². The van der Waals surface area contributed by atoms with Gasteiger partial charge >= 0.3 is 0 Å². The van der Waals surface area contributed by atoms with Gasteiger partial charge < -0.3 is 5.73 Å². The van der Waals surface area contributed by atoms with Crippen LogP contribution in [0.3, 0.4) is 0 Å². The Labute approximate surface area is 90.5 Å². The number of hydrogen-bond acceptors (Lipinski definition) is 4. The number of aromatic nitrogens is 2. The molecule has 0 atom stereocenters. The lowest BCUT2D eigenvalue weighted by molar-refractivity contribution is 0.952. The predicted octanol–water partition coefficient (Wildman–Crippen LogP) is 2.36. The molecule has 0 aromatic carbocycles. The standard InChI is InChI=1S/C9H8ClN3S/c10-8-5-6(12-13-9(8)11)4-7-2-1-3-14-7/h1-3,5H,4H2,(H2,11,13). The largest absolute Gasteiger partial charge is 0.381 e. The van der Waals surface area contributed by atoms with Crippen LogP contribution in [0.15, 0.2) is 23.6 Å². The van der Waals surface area contributed by atoms with E-state index < -0.39 is 0 Å². The minimum absolute atomic E-state index is 0.279. The van der Waals surface area contributed by atoms with Crippen molar-refractivity contribution in [3.05, 3.63) is 39.2 Å². The van der Waals surface area contributed by atoms with Crippen molar-refractivity contribution in [2.75, 3.05) is 5.73 Å². The molecule has 0 radical (unpaired) electrons. The van der Waals surface area contributed by atoms with E-state index >= 15 is 0 Å². The van der Waals surface area contributed by atoms with E-state index in [2.05, 4.69) is 16.3 Å². The summed E-state index contributed by atoms with van der Waals surface area (Å²) < 4.78 is 0. The van der Waals surface area contributed by atoms with Crippen LogP contribution in [0.1, 0.15) is 10.6 Å². The first-order valence-electron chi connectivity index (χ1n) is 4.05. The van der Waals surface area contributed by atoms with Crippen molar-refractivity contribution in [2.24, 2.45) is 0 Å². The average Bonchev–Trinajstić information content (AvgIpc) is 2.64. The van der Waals surface area contributed by atoms with E-state index in [9.17, 15) is 0 Å². The minimum Gasteiger partial charge on any atom is -0.381 e. The highest BCUT2D eigenvalue weighted by Gasteiger charge is 2.03. The Morgan fingerprint density at radius 1 is 1.43 bits per heavy atom. The van der Waals surface area contributed by atoms with Crippen LogP contribution in [0, 0.1) is 0 Å². The molecule has 0 amide bonds. The molecule has 3 nitrogen and oxygen atoms in total. The first-order valence-corrected chi connectivity index (χ1v) is 5.31. The second-order valence-electron chi connectivity index (χ2n) is 2.82. The summed E-state index contributed by atoms with van der Waals surface area (Å²) in [5.74, 6) is 0.279. The smallest absolute Gasteiger partial charge is 0.164 e. The van der Waals surface area contributed by atoms with Crippen LogP contribution in [-0.2, 0) is 6.42 Å². The molecule has 0 saturated heterocycles. The highest BCUT2D eigenvalue weighted by atomic mass is 35.5. The van der Waals surface area contributed by atoms with Crippen LogP contribution in [0.4, 0.5) is 5.82 Å². The van der Waals surface area contributed by atoms with Crippen molar-refractivity contribution in [1.82, 2.24) is 10.2 Å². The number of hydrogen-bond donors (Lipinski definition) is 1. The van der Waals surface area contributed by atoms with Crippen LogP contribution in [0.25, 0.3) is 0 Å². The second kappa shape index (κ2) is 3.94. The lowest BCUT2D eigenvalue weighted by Crippen LogP contribution is -1.98. The molecule has 0 spiro atoms. The summed E-state index contributed by atoms with van der Waals surface area (Å²) >= 11 is 7.52. The van der Waals surface area contributed by atoms with Gasteiger partial charge in [0.05, 0.1) is 10.7 Å². The summed E-state index contributed by atoms with van der Waals surface area (Å²) in [7, 11) is 0. The second-order valence-corrected chi connectivity index (χ2v) is 4.26. The van der Waals surface area contributed by atoms with Crippen molar-refractivity contribution in [2.45, 2.75) is 6.42 Å². The van der Waals surface area contributed by atoms with Gasteiger partial charge in [0.15, 0.2) is 5.82 Å². The van der Waals surface area contributed by atoms with Gasteiger partial charge in [0.1, 0.15) is 0 Å². The van der Waals surface area contributed by atoms with Crippen LogP contribution in [0.2, 0.25) is 5.02 Å². The molecular formula is C9H8ClN3S. The van der Waals surface area contributed by atoms with E-state index in [0.717, 1.165) is 12.1 Å². The van der Waals surface area contributed by atoms with Gasteiger partial charge in [-0.1, -0.05) is 17.7 Å². The highest BCUT2D eigenvalue weighted by molar-refractivity contribution is 7.09. The van der Waals surface area contributed by atoms with Crippen LogP contribution in [-0.4, -0.2) is 10.2 Å². The zero-order valence-corrected chi connectivity index (χ0v) is 8.85. The SMILES string of the molecule is Nc1nnc(Cc2cccs2)cc1Cl. The molecule has 2 rings (SSSR count).